The number of carbonyl (C=O) groups excluding carboxylic acids is 1. The maximum atomic E-state index is 13.0. The van der Waals surface area contributed by atoms with Crippen LogP contribution >= 0.6 is 0 Å². The molecule has 1 aromatic carbocycles. The fourth-order valence-corrected chi connectivity index (χ4v) is 2.20. The van der Waals surface area contributed by atoms with Gasteiger partial charge in [0.15, 0.2) is 6.04 Å². The number of aliphatic carboxylic acids is 1. The van der Waals surface area contributed by atoms with Crippen molar-refractivity contribution in [1.82, 2.24) is 10.2 Å². The van der Waals surface area contributed by atoms with Crippen LogP contribution in [0.25, 0.3) is 0 Å². The SMILES string of the molecule is O=C(O)[C@@H](NC(=O)N1CCC(F)CC1)c1ccccc1. The van der Waals surface area contributed by atoms with Crippen LogP contribution in [-0.2, 0) is 4.79 Å². The molecule has 0 bridgehead atoms. The number of benzene rings is 1. The number of rotatable bonds is 3. The smallest absolute Gasteiger partial charge is 0.330 e. The molecule has 0 radical (unpaired) electrons. The lowest BCUT2D eigenvalue weighted by molar-refractivity contribution is -0.139. The molecule has 108 valence electrons. The first-order chi connectivity index (χ1) is 9.58. The fraction of sp³-hybridized carbons (Fsp3) is 0.429. The summed E-state index contributed by atoms with van der Waals surface area (Å²) in [4.78, 5) is 24.8. The quantitative estimate of drug-likeness (QED) is 0.889. The van der Waals surface area contributed by atoms with Crippen molar-refractivity contribution in [1.29, 1.82) is 0 Å². The summed E-state index contributed by atoms with van der Waals surface area (Å²) >= 11 is 0. The van der Waals surface area contributed by atoms with Crippen molar-refractivity contribution in [2.24, 2.45) is 0 Å². The third-order valence-corrected chi connectivity index (χ3v) is 3.36. The number of amides is 2. The summed E-state index contributed by atoms with van der Waals surface area (Å²) in [5, 5.41) is 11.7. The number of carbonyl (C=O) groups is 2. The van der Waals surface area contributed by atoms with E-state index in [0.29, 0.717) is 31.5 Å². The molecule has 0 aromatic heterocycles. The number of alkyl halides is 1. The second kappa shape index (κ2) is 6.36. The highest BCUT2D eigenvalue weighted by atomic mass is 19.1. The minimum absolute atomic E-state index is 0.302. The maximum Gasteiger partial charge on any atom is 0.330 e. The highest BCUT2D eigenvalue weighted by molar-refractivity contribution is 5.83. The number of nitrogens with zero attached hydrogens (tertiary/aromatic N) is 1. The average Bonchev–Trinajstić information content (AvgIpc) is 2.46. The zero-order valence-electron chi connectivity index (χ0n) is 11.0. The first-order valence-corrected chi connectivity index (χ1v) is 6.55. The number of urea groups is 1. The number of piperidine rings is 1. The Bertz CT molecular complexity index is 473. The molecule has 2 N–H and O–H groups in total. The zero-order chi connectivity index (χ0) is 14.5. The van der Waals surface area contributed by atoms with Gasteiger partial charge < -0.3 is 15.3 Å². The molecule has 1 heterocycles. The number of carboxylic acid groups (broad SMARTS) is 1. The van der Waals surface area contributed by atoms with Crippen LogP contribution in [0.1, 0.15) is 24.4 Å². The molecule has 1 saturated heterocycles. The Hall–Kier alpha value is -2.11. The molecule has 2 rings (SSSR count). The second-order valence-electron chi connectivity index (χ2n) is 4.79. The van der Waals surface area contributed by atoms with Crippen molar-refractivity contribution in [2.45, 2.75) is 25.1 Å². The van der Waals surface area contributed by atoms with Crippen LogP contribution in [0.5, 0.6) is 0 Å². The highest BCUT2D eigenvalue weighted by Crippen LogP contribution is 2.16. The predicted molar refractivity (Wildman–Crippen MR) is 71.1 cm³/mol. The summed E-state index contributed by atoms with van der Waals surface area (Å²) < 4.78 is 13.0. The largest absolute Gasteiger partial charge is 0.479 e. The first-order valence-electron chi connectivity index (χ1n) is 6.55. The molecule has 1 aliphatic rings. The summed E-state index contributed by atoms with van der Waals surface area (Å²) in [6.45, 7) is 0.627. The lowest BCUT2D eigenvalue weighted by Gasteiger charge is -2.30. The third-order valence-electron chi connectivity index (χ3n) is 3.36. The molecule has 5 nitrogen and oxygen atoms in total. The molecule has 6 heteroatoms. The van der Waals surface area contributed by atoms with E-state index >= 15 is 0 Å². The summed E-state index contributed by atoms with van der Waals surface area (Å²) in [5.74, 6) is -1.12. The number of likely N-dealkylation sites (tertiary alicyclic amines) is 1. The van der Waals surface area contributed by atoms with Gasteiger partial charge in [0, 0.05) is 13.1 Å². The van der Waals surface area contributed by atoms with E-state index in [1.165, 1.54) is 4.90 Å². The molecule has 1 aliphatic heterocycles. The van der Waals surface area contributed by atoms with Gasteiger partial charge in [-0.2, -0.15) is 0 Å². The van der Waals surface area contributed by atoms with Gasteiger partial charge in [0.1, 0.15) is 6.17 Å². The lowest BCUT2D eigenvalue weighted by atomic mass is 10.1. The van der Waals surface area contributed by atoms with Gasteiger partial charge in [-0.15, -0.1) is 0 Å². The van der Waals surface area contributed by atoms with Gasteiger partial charge in [-0.25, -0.2) is 14.0 Å². The van der Waals surface area contributed by atoms with Crippen LogP contribution in [0, 0.1) is 0 Å². The van der Waals surface area contributed by atoms with Gasteiger partial charge in [-0.1, -0.05) is 30.3 Å². The predicted octanol–water partition coefficient (Wildman–Crippen LogP) is 1.96. The van der Waals surface area contributed by atoms with Crippen molar-refractivity contribution in [3.8, 4) is 0 Å². The summed E-state index contributed by atoms with van der Waals surface area (Å²) in [7, 11) is 0. The number of nitrogens with one attached hydrogen (secondary N) is 1. The van der Waals surface area contributed by atoms with Crippen molar-refractivity contribution < 1.29 is 19.1 Å². The summed E-state index contributed by atoms with van der Waals surface area (Å²) in [6.07, 6.45) is -0.268. The van der Waals surface area contributed by atoms with Gasteiger partial charge >= 0.3 is 12.0 Å². The molecule has 2 amide bonds. The molecule has 0 spiro atoms. The molecule has 1 fully saturated rings. The van der Waals surface area contributed by atoms with Crippen molar-refractivity contribution in [3.05, 3.63) is 35.9 Å². The molecule has 0 unspecified atom stereocenters. The minimum atomic E-state index is -1.12. The number of hydrogen-bond donors (Lipinski definition) is 2. The first kappa shape index (κ1) is 14.3. The normalized spacial score (nSPS) is 17.6. The van der Waals surface area contributed by atoms with Crippen LogP contribution in [0.4, 0.5) is 9.18 Å². The number of carboxylic acids is 1. The highest BCUT2D eigenvalue weighted by Gasteiger charge is 2.27. The van der Waals surface area contributed by atoms with Crippen LogP contribution in [0.15, 0.2) is 30.3 Å². The Labute approximate surface area is 116 Å². The number of hydrogen-bond acceptors (Lipinski definition) is 2. The van der Waals surface area contributed by atoms with Crippen molar-refractivity contribution in [2.75, 3.05) is 13.1 Å². The molecule has 0 aliphatic carbocycles. The fourth-order valence-electron chi connectivity index (χ4n) is 2.20. The Morgan fingerprint density at radius 1 is 1.25 bits per heavy atom. The van der Waals surface area contributed by atoms with Gasteiger partial charge in [-0.05, 0) is 18.4 Å². The zero-order valence-corrected chi connectivity index (χ0v) is 11.0. The Morgan fingerprint density at radius 2 is 1.85 bits per heavy atom. The van der Waals surface area contributed by atoms with Gasteiger partial charge in [0.05, 0.1) is 0 Å². The van der Waals surface area contributed by atoms with Crippen molar-refractivity contribution in [3.63, 3.8) is 0 Å². The molecule has 1 atom stereocenters. The van der Waals surface area contributed by atoms with Crippen LogP contribution in [0.2, 0.25) is 0 Å². The average molecular weight is 280 g/mol. The van der Waals surface area contributed by atoms with E-state index in [2.05, 4.69) is 5.32 Å². The maximum absolute atomic E-state index is 13.0. The Kier molecular flexibility index (Phi) is 4.55. The van der Waals surface area contributed by atoms with Gasteiger partial charge in [-0.3, -0.25) is 0 Å². The van der Waals surface area contributed by atoms with E-state index in [9.17, 15) is 19.1 Å². The van der Waals surface area contributed by atoms with Crippen molar-refractivity contribution >= 4 is 12.0 Å². The Balaban J connectivity index is 2.02. The van der Waals surface area contributed by atoms with E-state index < -0.39 is 24.2 Å². The summed E-state index contributed by atoms with van der Waals surface area (Å²) in [5.41, 5.74) is 0.508. The third kappa shape index (κ3) is 3.46. The molecular formula is C14H17FN2O3. The van der Waals surface area contributed by atoms with Crippen LogP contribution in [0.3, 0.4) is 0 Å². The number of halogens is 1. The monoisotopic (exact) mass is 280 g/mol. The molecular weight excluding hydrogens is 263 g/mol. The second-order valence-corrected chi connectivity index (χ2v) is 4.79. The molecule has 20 heavy (non-hydrogen) atoms. The Morgan fingerprint density at radius 3 is 2.40 bits per heavy atom. The van der Waals surface area contributed by atoms with E-state index in [1.807, 2.05) is 0 Å². The van der Waals surface area contributed by atoms with Gasteiger partial charge in [0.25, 0.3) is 0 Å². The van der Waals surface area contributed by atoms with E-state index in [-0.39, 0.29) is 0 Å². The van der Waals surface area contributed by atoms with Crippen LogP contribution in [-0.4, -0.2) is 41.3 Å². The minimum Gasteiger partial charge on any atom is -0.479 e. The van der Waals surface area contributed by atoms with Crippen LogP contribution < -0.4 is 5.32 Å². The topological polar surface area (TPSA) is 69.6 Å². The molecule has 0 saturated carbocycles. The molecule has 1 aromatic rings. The van der Waals surface area contributed by atoms with E-state index in [1.54, 1.807) is 30.3 Å². The summed E-state index contributed by atoms with van der Waals surface area (Å²) in [6, 6.07) is 6.94. The van der Waals surface area contributed by atoms with E-state index in [4.69, 9.17) is 0 Å². The standard InChI is InChI=1S/C14H17FN2O3/c15-11-6-8-17(9-7-11)14(20)16-12(13(18)19)10-4-2-1-3-5-10/h1-5,11-12H,6-9H2,(H,16,20)(H,18,19)/t12-/m0/s1. The lowest BCUT2D eigenvalue weighted by Crippen LogP contribution is -2.47. The van der Waals surface area contributed by atoms with Gasteiger partial charge in [0.2, 0.25) is 0 Å². The van der Waals surface area contributed by atoms with E-state index in [0.717, 1.165) is 0 Å².